The monoisotopic (exact) mass is 349 g/mol. The summed E-state index contributed by atoms with van der Waals surface area (Å²) < 4.78 is 25.2. The topological polar surface area (TPSA) is 65.2 Å². The smallest absolute Gasteiger partial charge is 0.208 e. The van der Waals surface area contributed by atoms with Gasteiger partial charge >= 0.3 is 0 Å². The van der Waals surface area contributed by atoms with E-state index in [0.717, 1.165) is 32.5 Å². The van der Waals surface area contributed by atoms with Crippen LogP contribution in [-0.4, -0.2) is 44.2 Å². The molecular formula is C18H27N3O2S. The van der Waals surface area contributed by atoms with Gasteiger partial charge in [0.1, 0.15) is 0 Å². The fourth-order valence-electron chi connectivity index (χ4n) is 3.61. The molecule has 1 aromatic carbocycles. The Balaban J connectivity index is 1.68. The summed E-state index contributed by atoms with van der Waals surface area (Å²) in [5, 5.41) is 1.30. The first-order valence-electron chi connectivity index (χ1n) is 8.56. The van der Waals surface area contributed by atoms with Crippen molar-refractivity contribution in [2.24, 2.45) is 5.92 Å². The zero-order chi connectivity index (χ0) is 17.3. The Hall–Kier alpha value is -1.37. The molecular weight excluding hydrogens is 322 g/mol. The average Bonchev–Trinajstić information content (AvgIpc) is 2.81. The van der Waals surface area contributed by atoms with Gasteiger partial charge in [0.05, 0.1) is 6.26 Å². The molecule has 1 fully saturated rings. The molecule has 1 saturated heterocycles. The minimum absolute atomic E-state index is 0.389. The molecule has 2 aromatic rings. The lowest BCUT2D eigenvalue weighted by atomic mass is 9.98. The fraction of sp³-hybridized carbons (Fsp3) is 0.556. The van der Waals surface area contributed by atoms with Crippen molar-refractivity contribution in [1.82, 2.24) is 14.6 Å². The summed E-state index contributed by atoms with van der Waals surface area (Å²) in [4.78, 5) is 5.99. The standard InChI is InChI=1S/C18H27N3O2S/c1-13-6-7-17-16(9-13)14(2)18(20-17)12-21-8-4-5-15(11-21)10-19-24(3,22)23/h6-7,9,15,19-20H,4-5,8,10-12H2,1-3H3/t15-/m0/s1. The number of rotatable bonds is 5. The van der Waals surface area contributed by atoms with Gasteiger partial charge in [-0.2, -0.15) is 0 Å². The molecule has 0 spiro atoms. The van der Waals surface area contributed by atoms with Crippen molar-refractivity contribution in [2.75, 3.05) is 25.9 Å². The van der Waals surface area contributed by atoms with Crippen molar-refractivity contribution in [2.45, 2.75) is 33.2 Å². The fourth-order valence-corrected chi connectivity index (χ4v) is 4.15. The Kier molecular flexibility index (Phi) is 4.99. The SMILES string of the molecule is Cc1ccc2[nH]c(CN3CCC[C@@H](CNS(C)(=O)=O)C3)c(C)c2c1. The van der Waals surface area contributed by atoms with Crippen LogP contribution >= 0.6 is 0 Å². The molecule has 1 atom stereocenters. The van der Waals surface area contributed by atoms with Crippen LogP contribution in [0.5, 0.6) is 0 Å². The van der Waals surface area contributed by atoms with Crippen LogP contribution in [0, 0.1) is 19.8 Å². The largest absolute Gasteiger partial charge is 0.357 e. The molecule has 2 N–H and O–H groups in total. The Morgan fingerprint density at radius 3 is 2.88 bits per heavy atom. The van der Waals surface area contributed by atoms with Gasteiger partial charge in [0.2, 0.25) is 10.0 Å². The molecule has 2 heterocycles. The van der Waals surface area contributed by atoms with Crippen molar-refractivity contribution in [3.63, 3.8) is 0 Å². The lowest BCUT2D eigenvalue weighted by molar-refractivity contribution is 0.167. The van der Waals surface area contributed by atoms with Gasteiger partial charge in [-0.05, 0) is 56.8 Å². The minimum Gasteiger partial charge on any atom is -0.357 e. The number of aromatic amines is 1. The predicted molar refractivity (Wildman–Crippen MR) is 98.6 cm³/mol. The number of aryl methyl sites for hydroxylation is 2. The molecule has 6 heteroatoms. The van der Waals surface area contributed by atoms with Gasteiger partial charge in [-0.25, -0.2) is 13.1 Å². The highest BCUT2D eigenvalue weighted by molar-refractivity contribution is 7.88. The van der Waals surface area contributed by atoms with E-state index in [1.54, 1.807) is 0 Å². The number of H-pyrrole nitrogens is 1. The maximum Gasteiger partial charge on any atom is 0.208 e. The Labute approximate surface area is 144 Å². The number of fused-ring (bicyclic) bond motifs is 1. The van der Waals surface area contributed by atoms with Gasteiger partial charge in [-0.3, -0.25) is 4.90 Å². The van der Waals surface area contributed by atoms with Gasteiger partial charge in [0, 0.05) is 36.2 Å². The number of hydrogen-bond acceptors (Lipinski definition) is 3. The molecule has 24 heavy (non-hydrogen) atoms. The van der Waals surface area contributed by atoms with Crippen LogP contribution in [0.1, 0.15) is 29.7 Å². The third-order valence-corrected chi connectivity index (χ3v) is 5.63. The van der Waals surface area contributed by atoms with E-state index in [-0.39, 0.29) is 0 Å². The van der Waals surface area contributed by atoms with Crippen LogP contribution in [-0.2, 0) is 16.6 Å². The maximum absolute atomic E-state index is 11.3. The van der Waals surface area contributed by atoms with Crippen molar-refractivity contribution in [3.8, 4) is 0 Å². The highest BCUT2D eigenvalue weighted by Gasteiger charge is 2.22. The van der Waals surface area contributed by atoms with E-state index in [2.05, 4.69) is 46.7 Å². The van der Waals surface area contributed by atoms with Gasteiger partial charge in [0.15, 0.2) is 0 Å². The Morgan fingerprint density at radius 2 is 2.12 bits per heavy atom. The third-order valence-electron chi connectivity index (χ3n) is 4.94. The van der Waals surface area contributed by atoms with E-state index in [1.165, 1.54) is 34.0 Å². The number of piperidine rings is 1. The average molecular weight is 350 g/mol. The van der Waals surface area contributed by atoms with Gasteiger partial charge < -0.3 is 4.98 Å². The Bertz CT molecular complexity index is 826. The molecule has 1 aliphatic rings. The van der Waals surface area contributed by atoms with Crippen LogP contribution in [0.15, 0.2) is 18.2 Å². The number of nitrogens with one attached hydrogen (secondary N) is 2. The van der Waals surface area contributed by atoms with Crippen LogP contribution in [0.2, 0.25) is 0 Å². The third kappa shape index (κ3) is 4.18. The highest BCUT2D eigenvalue weighted by atomic mass is 32.2. The normalized spacial score (nSPS) is 19.9. The second kappa shape index (κ2) is 6.86. The molecule has 0 bridgehead atoms. The zero-order valence-corrected chi connectivity index (χ0v) is 15.5. The van der Waals surface area contributed by atoms with E-state index >= 15 is 0 Å². The molecule has 0 saturated carbocycles. The molecule has 1 aromatic heterocycles. The van der Waals surface area contributed by atoms with E-state index < -0.39 is 10.0 Å². The number of sulfonamides is 1. The van der Waals surface area contributed by atoms with Gasteiger partial charge in [-0.15, -0.1) is 0 Å². The van der Waals surface area contributed by atoms with Crippen LogP contribution in [0.3, 0.4) is 0 Å². The van der Waals surface area contributed by atoms with Crippen molar-refractivity contribution in [1.29, 1.82) is 0 Å². The Morgan fingerprint density at radius 1 is 1.33 bits per heavy atom. The van der Waals surface area contributed by atoms with Crippen LogP contribution in [0.25, 0.3) is 10.9 Å². The summed E-state index contributed by atoms with van der Waals surface area (Å²) >= 11 is 0. The number of aromatic nitrogens is 1. The molecule has 3 rings (SSSR count). The number of nitrogens with zero attached hydrogens (tertiary/aromatic N) is 1. The summed E-state index contributed by atoms with van der Waals surface area (Å²) in [5.74, 6) is 0.389. The highest BCUT2D eigenvalue weighted by Crippen LogP contribution is 2.25. The second-order valence-electron chi connectivity index (χ2n) is 7.14. The molecule has 0 unspecified atom stereocenters. The van der Waals surface area contributed by atoms with Crippen molar-refractivity contribution >= 4 is 20.9 Å². The van der Waals surface area contributed by atoms with E-state index in [9.17, 15) is 8.42 Å². The minimum atomic E-state index is -3.10. The van der Waals surface area contributed by atoms with Crippen LogP contribution < -0.4 is 4.72 Å². The van der Waals surface area contributed by atoms with Gasteiger partial charge in [0.25, 0.3) is 0 Å². The summed E-state index contributed by atoms with van der Waals surface area (Å²) in [6.07, 6.45) is 3.43. The number of benzene rings is 1. The first kappa shape index (κ1) is 17.5. The van der Waals surface area contributed by atoms with Crippen molar-refractivity contribution < 1.29 is 8.42 Å². The summed E-state index contributed by atoms with van der Waals surface area (Å²) in [6, 6.07) is 6.52. The number of hydrogen-bond donors (Lipinski definition) is 2. The molecule has 132 valence electrons. The summed E-state index contributed by atoms with van der Waals surface area (Å²) in [6.45, 7) is 7.75. The zero-order valence-electron chi connectivity index (χ0n) is 14.7. The first-order chi connectivity index (χ1) is 11.3. The number of likely N-dealkylation sites (tertiary alicyclic amines) is 1. The quantitative estimate of drug-likeness (QED) is 0.872. The van der Waals surface area contributed by atoms with E-state index in [1.807, 2.05) is 0 Å². The second-order valence-corrected chi connectivity index (χ2v) is 8.97. The maximum atomic E-state index is 11.3. The molecule has 0 aliphatic carbocycles. The lowest BCUT2D eigenvalue weighted by Crippen LogP contribution is -2.40. The molecule has 0 amide bonds. The molecule has 0 radical (unpaired) electrons. The first-order valence-corrected chi connectivity index (χ1v) is 10.5. The van der Waals surface area contributed by atoms with E-state index in [4.69, 9.17) is 0 Å². The lowest BCUT2D eigenvalue weighted by Gasteiger charge is -2.32. The molecule has 1 aliphatic heterocycles. The predicted octanol–water partition coefficient (Wildman–Crippen LogP) is 2.55. The van der Waals surface area contributed by atoms with Crippen molar-refractivity contribution in [3.05, 3.63) is 35.0 Å². The summed E-state index contributed by atoms with van der Waals surface area (Å²) in [5.41, 5.74) is 5.07. The molecule has 5 nitrogen and oxygen atoms in total. The summed E-state index contributed by atoms with van der Waals surface area (Å²) in [7, 11) is -3.10. The van der Waals surface area contributed by atoms with Crippen LogP contribution in [0.4, 0.5) is 0 Å². The van der Waals surface area contributed by atoms with Gasteiger partial charge in [-0.1, -0.05) is 11.6 Å². The van der Waals surface area contributed by atoms with E-state index in [0.29, 0.717) is 12.5 Å².